The molecule has 41 heavy (non-hydrogen) atoms. The second kappa shape index (κ2) is 11.5. The Balaban J connectivity index is 1.85. The molecule has 2 aliphatic rings. The summed E-state index contributed by atoms with van der Waals surface area (Å²) < 4.78 is 63.7. The number of aliphatic carboxylic acids is 1. The Bertz CT molecular complexity index is 1390. The molecule has 0 saturated carbocycles. The molecule has 9 nitrogen and oxygen atoms in total. The number of likely N-dealkylation sites (tertiary alicyclic amines) is 1. The lowest BCUT2D eigenvalue weighted by Crippen LogP contribution is -2.61. The number of ether oxygens (including phenoxy) is 1. The number of methoxy groups -OCH3 is 1. The molecule has 1 aromatic carbocycles. The minimum Gasteiger partial charge on any atom is -0.481 e. The number of carboxylic acid groups (broad SMARTS) is 1. The summed E-state index contributed by atoms with van der Waals surface area (Å²) in [6, 6.07) is -1.34. The number of carbonyl (C=O) groups is 2. The van der Waals surface area contributed by atoms with Crippen LogP contribution in [0, 0.1) is 18.6 Å². The predicted octanol–water partition coefficient (Wildman–Crippen LogP) is 3.96. The van der Waals surface area contributed by atoms with Crippen LogP contribution in [0.3, 0.4) is 0 Å². The second-order valence-electron chi connectivity index (χ2n) is 10.5. The van der Waals surface area contributed by atoms with Gasteiger partial charge >= 0.3 is 11.9 Å². The number of alkyl halides is 2. The van der Waals surface area contributed by atoms with Crippen molar-refractivity contribution in [3.05, 3.63) is 62.7 Å². The van der Waals surface area contributed by atoms with Crippen LogP contribution in [0.25, 0.3) is 0 Å². The number of halogens is 4. The maximum Gasteiger partial charge on any atom is 0.338 e. The Hall–Kier alpha value is -3.36. The number of aromatic nitrogens is 1. The number of hydrogen-bond acceptors (Lipinski definition) is 9. The summed E-state index contributed by atoms with van der Waals surface area (Å²) in [7, 11) is 1.13. The minimum atomic E-state index is -3.37. The molecule has 0 bridgehead atoms. The average molecular weight is 599 g/mol. The number of carboxylic acids is 1. The maximum atomic E-state index is 15.0. The van der Waals surface area contributed by atoms with Crippen LogP contribution >= 0.6 is 11.3 Å². The summed E-state index contributed by atoms with van der Waals surface area (Å²) >= 11 is 1.21. The zero-order valence-corrected chi connectivity index (χ0v) is 23.6. The van der Waals surface area contributed by atoms with Crippen LogP contribution in [0.15, 0.2) is 40.0 Å². The molecule has 0 amide bonds. The first kappa shape index (κ1) is 30.6. The molecule has 1 saturated heterocycles. The largest absolute Gasteiger partial charge is 0.481 e. The van der Waals surface area contributed by atoms with Crippen LogP contribution in [-0.2, 0) is 14.3 Å². The number of rotatable bonds is 8. The van der Waals surface area contributed by atoms with Crippen molar-refractivity contribution < 1.29 is 42.1 Å². The number of nitrogens with one attached hydrogen (secondary N) is 1. The lowest BCUT2D eigenvalue weighted by molar-refractivity contribution is -0.162. The van der Waals surface area contributed by atoms with Gasteiger partial charge in [-0.1, -0.05) is 6.07 Å². The molecule has 2 aromatic rings. The first-order valence-electron chi connectivity index (χ1n) is 12.7. The van der Waals surface area contributed by atoms with Gasteiger partial charge in [0.05, 0.1) is 30.7 Å². The molecule has 0 spiro atoms. The van der Waals surface area contributed by atoms with Gasteiger partial charge in [0.15, 0.2) is 22.5 Å². The lowest BCUT2D eigenvalue weighted by atomic mass is 9.78. The molecule has 3 N–H and O–H groups in total. The van der Waals surface area contributed by atoms with Crippen molar-refractivity contribution in [2.75, 3.05) is 13.7 Å². The van der Waals surface area contributed by atoms with Gasteiger partial charge < -0.3 is 20.3 Å². The maximum absolute atomic E-state index is 15.0. The molecule has 2 aliphatic heterocycles. The Morgan fingerprint density at radius 2 is 2.00 bits per heavy atom. The van der Waals surface area contributed by atoms with Crippen LogP contribution in [0.4, 0.5) is 17.6 Å². The number of hydrogen-bond donors (Lipinski definition) is 3. The highest BCUT2D eigenvalue weighted by Crippen LogP contribution is 2.42. The molecule has 1 fully saturated rings. The number of benzene rings is 1. The highest BCUT2D eigenvalue weighted by molar-refractivity contribution is 7.11. The summed E-state index contributed by atoms with van der Waals surface area (Å²) in [4.78, 5) is 34.8. The third kappa shape index (κ3) is 6.28. The van der Waals surface area contributed by atoms with Gasteiger partial charge in [-0.05, 0) is 43.9 Å². The predicted molar refractivity (Wildman–Crippen MR) is 142 cm³/mol. The first-order valence-corrected chi connectivity index (χ1v) is 13.6. The summed E-state index contributed by atoms with van der Waals surface area (Å²) in [5.41, 5.74) is -1.78. The lowest BCUT2D eigenvalue weighted by Gasteiger charge is -2.49. The highest BCUT2D eigenvalue weighted by atomic mass is 32.1. The molecule has 3 heterocycles. The van der Waals surface area contributed by atoms with Gasteiger partial charge in [0.2, 0.25) is 0 Å². The molecular formula is C27H30F4N4O5S. The Morgan fingerprint density at radius 3 is 2.59 bits per heavy atom. The SMILES string of the molecule is COC(=O)C1=C(CN2C(C)C[C@@](O)(CC(=O)O)CC2C(C)(F)F)NC(c2nccs2)=N[C@H]1c1ccc(F)c(F)c1C. The van der Waals surface area contributed by atoms with Crippen molar-refractivity contribution in [2.24, 2.45) is 4.99 Å². The highest BCUT2D eigenvalue weighted by Gasteiger charge is 2.51. The molecular weight excluding hydrogens is 568 g/mol. The van der Waals surface area contributed by atoms with E-state index in [0.29, 0.717) is 11.9 Å². The van der Waals surface area contributed by atoms with Crippen molar-refractivity contribution in [1.82, 2.24) is 15.2 Å². The molecule has 2 unspecified atom stereocenters. The smallest absolute Gasteiger partial charge is 0.338 e. The quantitative estimate of drug-likeness (QED) is 0.308. The summed E-state index contributed by atoms with van der Waals surface area (Å²) in [5, 5.41) is 25.3. The topological polar surface area (TPSA) is 124 Å². The number of amidine groups is 1. The number of thiazole rings is 1. The summed E-state index contributed by atoms with van der Waals surface area (Å²) in [6.45, 7) is 3.32. The Morgan fingerprint density at radius 1 is 1.29 bits per heavy atom. The average Bonchev–Trinajstić information content (AvgIpc) is 3.42. The summed E-state index contributed by atoms with van der Waals surface area (Å²) in [6.07, 6.45) is 0.161. The Kier molecular flexibility index (Phi) is 8.58. The van der Waals surface area contributed by atoms with E-state index in [9.17, 15) is 28.6 Å². The minimum absolute atomic E-state index is 0.0945. The Labute approximate surface area is 237 Å². The van der Waals surface area contributed by atoms with Crippen LogP contribution < -0.4 is 5.32 Å². The van der Waals surface area contributed by atoms with Crippen LogP contribution in [0.1, 0.15) is 55.3 Å². The van der Waals surface area contributed by atoms with Gasteiger partial charge in [0.1, 0.15) is 6.04 Å². The standard InChI is InChI=1S/C27H30F4N4O5S/c1-13-9-27(39,11-19(36)37)10-18(26(3,30)31)35(13)12-17-20(25(38)40-4)22(15-5-6-16(28)21(29)14(15)2)34-23(33-17)24-32-7-8-41-24/h5-8,13,18,22,39H,9-12H2,1-4H3,(H,33,34)(H,36,37)/t13?,18?,22-,27-/m0/s1. The van der Waals surface area contributed by atoms with Gasteiger partial charge in [0.25, 0.3) is 5.92 Å². The fraction of sp³-hybridized carbons (Fsp3) is 0.481. The van der Waals surface area contributed by atoms with E-state index in [0.717, 1.165) is 13.2 Å². The fourth-order valence-corrected chi connectivity index (χ4v) is 6.18. The zero-order valence-electron chi connectivity index (χ0n) is 22.8. The number of carbonyl (C=O) groups excluding carboxylic acids is 1. The third-order valence-corrected chi connectivity index (χ3v) is 8.24. The monoisotopic (exact) mass is 598 g/mol. The molecule has 0 radical (unpaired) electrons. The van der Waals surface area contributed by atoms with Crippen molar-refractivity contribution >= 4 is 29.1 Å². The first-order chi connectivity index (χ1) is 19.1. The fourth-order valence-electron chi connectivity index (χ4n) is 5.59. The van der Waals surface area contributed by atoms with E-state index in [1.807, 2.05) is 0 Å². The van der Waals surface area contributed by atoms with E-state index in [1.54, 1.807) is 12.3 Å². The normalized spacial score (nSPS) is 25.5. The number of aliphatic hydroxyl groups is 1. The molecule has 4 atom stereocenters. The van der Waals surface area contributed by atoms with Crippen LogP contribution in [0.2, 0.25) is 0 Å². The van der Waals surface area contributed by atoms with Gasteiger partial charge in [-0.2, -0.15) is 0 Å². The van der Waals surface area contributed by atoms with Gasteiger partial charge in [-0.15, -0.1) is 11.3 Å². The molecule has 4 rings (SSSR count). The molecule has 222 valence electrons. The molecule has 0 aliphatic carbocycles. The third-order valence-electron chi connectivity index (χ3n) is 7.46. The number of piperidine rings is 1. The number of nitrogens with zero attached hydrogens (tertiary/aromatic N) is 3. The number of aliphatic imine (C=N–C) groups is 1. The summed E-state index contributed by atoms with van der Waals surface area (Å²) in [5.74, 6) is -7.57. The van der Waals surface area contributed by atoms with E-state index in [-0.39, 0.29) is 41.2 Å². The molecule has 14 heteroatoms. The van der Waals surface area contributed by atoms with E-state index in [4.69, 9.17) is 4.74 Å². The van der Waals surface area contributed by atoms with E-state index in [2.05, 4.69) is 15.3 Å². The van der Waals surface area contributed by atoms with Crippen molar-refractivity contribution in [3.8, 4) is 0 Å². The van der Waals surface area contributed by atoms with E-state index < -0.39 is 66.1 Å². The molecule has 1 aromatic heterocycles. The van der Waals surface area contributed by atoms with Gasteiger partial charge in [0, 0.05) is 36.8 Å². The van der Waals surface area contributed by atoms with Crippen molar-refractivity contribution in [2.45, 2.75) is 69.7 Å². The van der Waals surface area contributed by atoms with Crippen LogP contribution in [0.5, 0.6) is 0 Å². The van der Waals surface area contributed by atoms with Crippen molar-refractivity contribution in [1.29, 1.82) is 0 Å². The number of esters is 1. The van der Waals surface area contributed by atoms with E-state index in [1.165, 1.54) is 35.4 Å². The second-order valence-corrected chi connectivity index (χ2v) is 11.4. The van der Waals surface area contributed by atoms with Gasteiger partial charge in [-0.25, -0.2) is 27.3 Å². The zero-order chi connectivity index (χ0) is 30.3. The van der Waals surface area contributed by atoms with Crippen molar-refractivity contribution in [3.63, 3.8) is 0 Å². The van der Waals surface area contributed by atoms with Crippen LogP contribution in [-0.4, -0.2) is 75.1 Å². The van der Waals surface area contributed by atoms with Gasteiger partial charge in [-0.3, -0.25) is 14.7 Å². The van der Waals surface area contributed by atoms with E-state index >= 15 is 8.78 Å².